The van der Waals surface area contributed by atoms with E-state index in [0.717, 1.165) is 0 Å². The van der Waals surface area contributed by atoms with E-state index in [0.29, 0.717) is 0 Å². The van der Waals surface area contributed by atoms with Crippen LogP contribution in [0.4, 0.5) is 8.78 Å². The van der Waals surface area contributed by atoms with Crippen molar-refractivity contribution in [3.63, 3.8) is 0 Å². The maximum Gasteiger partial charge on any atom is 0.284 e. The van der Waals surface area contributed by atoms with Gasteiger partial charge in [-0.25, -0.2) is 13.8 Å². The van der Waals surface area contributed by atoms with E-state index < -0.39 is 12.1 Å². The highest BCUT2D eigenvalue weighted by atomic mass is 19.3. The van der Waals surface area contributed by atoms with Gasteiger partial charge < -0.3 is 4.74 Å². The van der Waals surface area contributed by atoms with Gasteiger partial charge in [-0.05, 0) is 0 Å². The Bertz CT molecular complexity index is 474. The summed E-state index contributed by atoms with van der Waals surface area (Å²) in [5, 5.41) is 17.2. The molecule has 1 heterocycles. The quantitative estimate of drug-likeness (QED) is 0.785. The van der Waals surface area contributed by atoms with Gasteiger partial charge in [0.2, 0.25) is 0 Å². The number of hydrogen-bond donors (Lipinski definition) is 0. The van der Waals surface area contributed by atoms with E-state index in [1.807, 2.05) is 0 Å². The highest BCUT2D eigenvalue weighted by Gasteiger charge is 2.19. The lowest BCUT2D eigenvalue weighted by atomic mass is 10.1. The molecule has 0 N–H and O–H groups in total. The molecule has 0 radical (unpaired) electrons. The fraction of sp³-hybridized carbons (Fsp3) is 0.300. The van der Waals surface area contributed by atoms with Crippen LogP contribution in [0.1, 0.15) is 23.4 Å². The van der Waals surface area contributed by atoms with Gasteiger partial charge in [-0.3, -0.25) is 0 Å². The molecule has 0 aromatic carbocycles. The molecule has 0 aliphatic rings. The summed E-state index contributed by atoms with van der Waals surface area (Å²) < 4.78 is 29.8. The van der Waals surface area contributed by atoms with Crippen molar-refractivity contribution < 1.29 is 13.5 Å². The van der Waals surface area contributed by atoms with Gasteiger partial charge in [0.05, 0.1) is 30.9 Å². The van der Waals surface area contributed by atoms with Gasteiger partial charge in [-0.15, -0.1) is 0 Å². The Morgan fingerprint density at radius 3 is 2.62 bits per heavy atom. The number of methoxy groups -OCH3 is 1. The van der Waals surface area contributed by atoms with Gasteiger partial charge in [0, 0.05) is 6.07 Å². The molecule has 0 amide bonds. The van der Waals surface area contributed by atoms with Gasteiger partial charge in [-0.1, -0.05) is 0 Å². The van der Waals surface area contributed by atoms with Crippen LogP contribution in [0.2, 0.25) is 0 Å². The minimum Gasteiger partial charge on any atom is -0.495 e. The summed E-state index contributed by atoms with van der Waals surface area (Å²) >= 11 is 0. The number of halogens is 2. The number of hydrogen-bond acceptors (Lipinski definition) is 4. The molecule has 1 aromatic heterocycles. The molecule has 4 nitrogen and oxygen atoms in total. The van der Waals surface area contributed by atoms with Crippen LogP contribution in [0.15, 0.2) is 6.07 Å². The number of alkyl halides is 2. The van der Waals surface area contributed by atoms with Gasteiger partial charge in [0.25, 0.3) is 6.43 Å². The Kier molecular flexibility index (Phi) is 3.73. The molecule has 0 aliphatic carbocycles. The van der Waals surface area contributed by atoms with Crippen molar-refractivity contribution in [2.75, 3.05) is 7.11 Å². The first kappa shape index (κ1) is 11.9. The zero-order chi connectivity index (χ0) is 12.1. The zero-order valence-electron chi connectivity index (χ0n) is 8.37. The summed E-state index contributed by atoms with van der Waals surface area (Å²) in [6, 6.07) is 4.71. The number of nitriles is 2. The van der Waals surface area contributed by atoms with Crippen LogP contribution in [-0.4, -0.2) is 12.1 Å². The molecule has 6 heteroatoms. The normalized spacial score (nSPS) is 9.62. The van der Waals surface area contributed by atoms with Crippen molar-refractivity contribution in [1.29, 1.82) is 10.5 Å². The minimum absolute atomic E-state index is 0.0427. The summed E-state index contributed by atoms with van der Waals surface area (Å²) in [6.45, 7) is 0. The number of rotatable bonds is 3. The Labute approximate surface area is 90.7 Å². The first-order valence-corrected chi connectivity index (χ1v) is 4.27. The molecule has 1 aromatic rings. The van der Waals surface area contributed by atoms with E-state index in [4.69, 9.17) is 15.3 Å². The minimum atomic E-state index is -2.81. The van der Waals surface area contributed by atoms with Crippen LogP contribution in [0.25, 0.3) is 0 Å². The molecule has 0 saturated heterocycles. The molecule has 0 aliphatic heterocycles. The van der Waals surface area contributed by atoms with Crippen LogP contribution in [0.5, 0.6) is 5.75 Å². The maximum absolute atomic E-state index is 12.6. The topological polar surface area (TPSA) is 69.7 Å². The van der Waals surface area contributed by atoms with E-state index in [1.165, 1.54) is 13.2 Å². The summed E-state index contributed by atoms with van der Waals surface area (Å²) in [4.78, 5) is 3.58. The summed E-state index contributed by atoms with van der Waals surface area (Å²) in [5.74, 6) is -0.145. The highest BCUT2D eigenvalue weighted by Crippen LogP contribution is 2.28. The zero-order valence-corrected chi connectivity index (χ0v) is 8.37. The second-order valence-corrected chi connectivity index (χ2v) is 2.82. The largest absolute Gasteiger partial charge is 0.495 e. The second-order valence-electron chi connectivity index (χ2n) is 2.82. The van der Waals surface area contributed by atoms with E-state index in [2.05, 4.69) is 4.98 Å². The SMILES string of the molecule is COc1cc(C#N)c(CC#N)nc1C(F)F. The van der Waals surface area contributed by atoms with Crippen molar-refractivity contribution in [2.45, 2.75) is 12.8 Å². The summed E-state index contributed by atoms with van der Waals surface area (Å²) in [6.07, 6.45) is -2.99. The molecule has 0 unspecified atom stereocenters. The molecular weight excluding hydrogens is 216 g/mol. The number of pyridine rings is 1. The molecule has 82 valence electrons. The first-order chi connectivity index (χ1) is 7.63. The Hall–Kier alpha value is -2.21. The maximum atomic E-state index is 12.6. The van der Waals surface area contributed by atoms with Gasteiger partial charge in [0.15, 0.2) is 0 Å². The predicted octanol–water partition coefficient (Wildman–Crippen LogP) is 1.97. The van der Waals surface area contributed by atoms with Crippen LogP contribution in [-0.2, 0) is 6.42 Å². The van der Waals surface area contributed by atoms with Crippen molar-refractivity contribution in [1.82, 2.24) is 4.98 Å². The Morgan fingerprint density at radius 2 is 2.19 bits per heavy atom. The van der Waals surface area contributed by atoms with Crippen LogP contribution >= 0.6 is 0 Å². The predicted molar refractivity (Wildman–Crippen MR) is 49.8 cm³/mol. The van der Waals surface area contributed by atoms with Crippen molar-refractivity contribution >= 4 is 0 Å². The average molecular weight is 223 g/mol. The smallest absolute Gasteiger partial charge is 0.284 e. The van der Waals surface area contributed by atoms with Crippen molar-refractivity contribution in [2.24, 2.45) is 0 Å². The Morgan fingerprint density at radius 1 is 1.50 bits per heavy atom. The molecule has 0 atom stereocenters. The van der Waals surface area contributed by atoms with E-state index in [9.17, 15) is 8.78 Å². The second kappa shape index (κ2) is 5.04. The summed E-state index contributed by atoms with van der Waals surface area (Å²) in [5.41, 5.74) is -0.435. The molecular formula is C10H7F2N3O. The third-order valence-corrected chi connectivity index (χ3v) is 1.89. The number of aromatic nitrogens is 1. The number of ether oxygens (including phenoxy) is 1. The first-order valence-electron chi connectivity index (χ1n) is 4.27. The molecule has 1 rings (SSSR count). The monoisotopic (exact) mass is 223 g/mol. The fourth-order valence-electron chi connectivity index (χ4n) is 1.18. The lowest BCUT2D eigenvalue weighted by molar-refractivity contribution is 0.141. The van der Waals surface area contributed by atoms with Crippen LogP contribution in [0.3, 0.4) is 0 Å². The lowest BCUT2D eigenvalue weighted by Crippen LogP contribution is -2.03. The van der Waals surface area contributed by atoms with Crippen LogP contribution < -0.4 is 4.74 Å². The van der Waals surface area contributed by atoms with Crippen molar-refractivity contribution in [3.05, 3.63) is 23.0 Å². The standard InChI is InChI=1S/C10H7F2N3O/c1-16-8-4-6(5-14)7(2-3-13)15-9(8)10(11)12/h4,10H,2H2,1H3. The number of nitrogens with zero attached hydrogens (tertiary/aromatic N) is 3. The third-order valence-electron chi connectivity index (χ3n) is 1.89. The average Bonchev–Trinajstić information content (AvgIpc) is 2.28. The van der Waals surface area contributed by atoms with Crippen LogP contribution in [0, 0.1) is 22.7 Å². The molecule has 0 bridgehead atoms. The molecule has 0 saturated carbocycles. The molecule has 16 heavy (non-hydrogen) atoms. The highest BCUT2D eigenvalue weighted by molar-refractivity contribution is 5.43. The third kappa shape index (κ3) is 2.23. The van der Waals surface area contributed by atoms with E-state index in [1.54, 1.807) is 12.1 Å². The molecule has 0 fully saturated rings. The van der Waals surface area contributed by atoms with Crippen molar-refractivity contribution in [3.8, 4) is 17.9 Å². The van der Waals surface area contributed by atoms with E-state index >= 15 is 0 Å². The fourth-order valence-corrected chi connectivity index (χ4v) is 1.18. The van der Waals surface area contributed by atoms with Gasteiger partial charge >= 0.3 is 0 Å². The summed E-state index contributed by atoms with van der Waals surface area (Å²) in [7, 11) is 1.22. The van der Waals surface area contributed by atoms with E-state index in [-0.39, 0.29) is 23.4 Å². The molecule has 0 spiro atoms. The lowest BCUT2D eigenvalue weighted by Gasteiger charge is -2.09. The van der Waals surface area contributed by atoms with Gasteiger partial charge in [-0.2, -0.15) is 10.5 Å². The Balaban J connectivity index is 3.37. The van der Waals surface area contributed by atoms with Gasteiger partial charge in [0.1, 0.15) is 17.5 Å².